The number of hydrogen-bond acceptors (Lipinski definition) is 3. The van der Waals surface area contributed by atoms with Crippen molar-refractivity contribution >= 4 is 23.3 Å². The Bertz CT molecular complexity index is 379. The molecule has 0 aromatic heterocycles. The second-order valence-electron chi connectivity index (χ2n) is 3.66. The van der Waals surface area contributed by atoms with Crippen LogP contribution in [0.15, 0.2) is 35.7 Å². The Balaban J connectivity index is 2.78. The third kappa shape index (κ3) is 3.42. The van der Waals surface area contributed by atoms with Crippen LogP contribution in [0.4, 0.5) is 0 Å². The first-order valence-electron chi connectivity index (χ1n) is 5.09. The minimum atomic E-state index is -0.385. The van der Waals surface area contributed by atoms with E-state index in [2.05, 4.69) is 25.2 Å². The van der Waals surface area contributed by atoms with Crippen molar-refractivity contribution < 1.29 is 9.53 Å². The number of benzene rings is 1. The summed E-state index contributed by atoms with van der Waals surface area (Å²) < 4.78 is 4.62. The molecule has 0 radical (unpaired) electrons. The molecule has 0 aliphatic carbocycles. The Morgan fingerprint density at radius 3 is 2.31 bits per heavy atom. The second-order valence-corrected chi connectivity index (χ2v) is 5.31. The summed E-state index contributed by atoms with van der Waals surface area (Å²) in [6.45, 7) is 7.99. The fourth-order valence-corrected chi connectivity index (χ4v) is 2.09. The molecule has 0 bridgehead atoms. The van der Waals surface area contributed by atoms with Gasteiger partial charge in [0.15, 0.2) is 0 Å². The molecular formula is C13H16O2S. The van der Waals surface area contributed by atoms with E-state index in [0.717, 1.165) is 5.56 Å². The number of ether oxygens (including phenoxy) is 1. The Hall–Kier alpha value is -1.22. The van der Waals surface area contributed by atoms with Gasteiger partial charge in [-0.05, 0) is 17.7 Å². The lowest BCUT2D eigenvalue weighted by Gasteiger charge is -2.07. The lowest BCUT2D eigenvalue weighted by Crippen LogP contribution is -2.02. The number of methoxy groups -OCH3 is 1. The van der Waals surface area contributed by atoms with Crippen molar-refractivity contribution in [2.75, 3.05) is 7.11 Å². The van der Waals surface area contributed by atoms with E-state index in [0.29, 0.717) is 10.8 Å². The second kappa shape index (κ2) is 5.75. The van der Waals surface area contributed by atoms with Crippen molar-refractivity contribution in [3.8, 4) is 0 Å². The largest absolute Gasteiger partial charge is 0.465 e. The highest BCUT2D eigenvalue weighted by Crippen LogP contribution is 2.24. The first kappa shape index (κ1) is 12.8. The van der Waals surface area contributed by atoms with Gasteiger partial charge in [0.1, 0.15) is 0 Å². The summed E-state index contributed by atoms with van der Waals surface area (Å²) in [5.41, 5.74) is 1.20. The lowest BCUT2D eigenvalue weighted by molar-refractivity contribution is -0.133. The molecule has 0 unspecified atom stereocenters. The average Bonchev–Trinajstić information content (AvgIpc) is 2.27. The standard InChI is InChI=1S/C13H16O2S/c1-9(2)16-12-7-5-11(6-8-12)10(3)13(14)15-4/h5-9H,3H2,1-2,4H3. The Kier molecular flexibility index (Phi) is 4.62. The van der Waals surface area contributed by atoms with E-state index in [1.807, 2.05) is 24.3 Å². The molecule has 0 saturated heterocycles. The topological polar surface area (TPSA) is 26.3 Å². The zero-order valence-corrected chi connectivity index (χ0v) is 10.6. The fraction of sp³-hybridized carbons (Fsp3) is 0.308. The summed E-state index contributed by atoms with van der Waals surface area (Å²) >= 11 is 1.79. The summed E-state index contributed by atoms with van der Waals surface area (Å²) in [5, 5.41) is 0.551. The SMILES string of the molecule is C=C(C(=O)OC)c1ccc(SC(C)C)cc1. The van der Waals surface area contributed by atoms with E-state index in [4.69, 9.17) is 0 Å². The zero-order chi connectivity index (χ0) is 12.1. The predicted molar refractivity (Wildman–Crippen MR) is 68.5 cm³/mol. The van der Waals surface area contributed by atoms with Crippen LogP contribution in [0.5, 0.6) is 0 Å². The van der Waals surface area contributed by atoms with E-state index >= 15 is 0 Å². The van der Waals surface area contributed by atoms with E-state index in [1.165, 1.54) is 12.0 Å². The van der Waals surface area contributed by atoms with Crippen LogP contribution in [0, 0.1) is 0 Å². The quantitative estimate of drug-likeness (QED) is 0.455. The number of esters is 1. The zero-order valence-electron chi connectivity index (χ0n) is 9.82. The summed E-state index contributed by atoms with van der Waals surface area (Å²) in [7, 11) is 1.36. The Labute approximate surface area is 101 Å². The van der Waals surface area contributed by atoms with Crippen molar-refractivity contribution in [2.45, 2.75) is 24.0 Å². The van der Waals surface area contributed by atoms with Gasteiger partial charge >= 0.3 is 5.97 Å². The summed E-state index contributed by atoms with van der Waals surface area (Å²) in [5.74, 6) is -0.385. The van der Waals surface area contributed by atoms with Gasteiger partial charge < -0.3 is 4.74 Å². The highest BCUT2D eigenvalue weighted by atomic mass is 32.2. The summed E-state index contributed by atoms with van der Waals surface area (Å²) in [6.07, 6.45) is 0. The minimum Gasteiger partial charge on any atom is -0.465 e. The average molecular weight is 236 g/mol. The number of rotatable bonds is 4. The molecule has 2 nitrogen and oxygen atoms in total. The predicted octanol–water partition coefficient (Wildman–Crippen LogP) is 3.37. The summed E-state index contributed by atoms with van der Waals surface area (Å²) in [4.78, 5) is 12.4. The number of hydrogen-bond donors (Lipinski definition) is 0. The van der Waals surface area contributed by atoms with Gasteiger partial charge in [0, 0.05) is 10.1 Å². The van der Waals surface area contributed by atoms with Crippen LogP contribution in [0.2, 0.25) is 0 Å². The molecular weight excluding hydrogens is 220 g/mol. The van der Waals surface area contributed by atoms with E-state index < -0.39 is 0 Å². The molecule has 0 atom stereocenters. The van der Waals surface area contributed by atoms with Crippen LogP contribution in [0.3, 0.4) is 0 Å². The van der Waals surface area contributed by atoms with E-state index in [1.54, 1.807) is 11.8 Å². The van der Waals surface area contributed by atoms with Crippen molar-refractivity contribution in [2.24, 2.45) is 0 Å². The first-order valence-corrected chi connectivity index (χ1v) is 5.97. The van der Waals surface area contributed by atoms with Crippen LogP contribution >= 0.6 is 11.8 Å². The number of carbonyl (C=O) groups excluding carboxylic acids is 1. The molecule has 0 saturated carbocycles. The fourth-order valence-electron chi connectivity index (χ4n) is 1.25. The molecule has 1 rings (SSSR count). The molecule has 0 aliphatic rings. The molecule has 86 valence electrons. The first-order chi connectivity index (χ1) is 7.54. The highest BCUT2D eigenvalue weighted by Gasteiger charge is 2.09. The third-order valence-electron chi connectivity index (χ3n) is 2.01. The van der Waals surface area contributed by atoms with Gasteiger partial charge in [0.25, 0.3) is 0 Å². The van der Waals surface area contributed by atoms with E-state index in [-0.39, 0.29) is 5.97 Å². The molecule has 1 aromatic rings. The van der Waals surface area contributed by atoms with Crippen molar-refractivity contribution in [1.29, 1.82) is 0 Å². The van der Waals surface area contributed by atoms with Crippen molar-refractivity contribution in [3.63, 3.8) is 0 Å². The van der Waals surface area contributed by atoms with Gasteiger partial charge in [-0.1, -0.05) is 32.6 Å². The van der Waals surface area contributed by atoms with Gasteiger partial charge in [-0.3, -0.25) is 0 Å². The van der Waals surface area contributed by atoms with Crippen LogP contribution < -0.4 is 0 Å². The lowest BCUT2D eigenvalue weighted by atomic mass is 10.1. The molecule has 0 heterocycles. The molecule has 16 heavy (non-hydrogen) atoms. The van der Waals surface area contributed by atoms with Crippen LogP contribution in [0.1, 0.15) is 19.4 Å². The molecule has 0 amide bonds. The van der Waals surface area contributed by atoms with Crippen molar-refractivity contribution in [3.05, 3.63) is 36.4 Å². The molecule has 0 fully saturated rings. The maximum atomic E-state index is 11.2. The molecule has 0 N–H and O–H groups in total. The van der Waals surface area contributed by atoms with Crippen LogP contribution in [-0.4, -0.2) is 18.3 Å². The molecule has 3 heteroatoms. The Morgan fingerprint density at radius 2 is 1.88 bits per heavy atom. The number of thioether (sulfide) groups is 1. The van der Waals surface area contributed by atoms with Gasteiger partial charge in [-0.2, -0.15) is 0 Å². The maximum Gasteiger partial charge on any atom is 0.337 e. The van der Waals surface area contributed by atoms with Crippen LogP contribution in [0.25, 0.3) is 5.57 Å². The number of carbonyl (C=O) groups is 1. The maximum absolute atomic E-state index is 11.2. The monoisotopic (exact) mass is 236 g/mol. The van der Waals surface area contributed by atoms with Crippen molar-refractivity contribution in [1.82, 2.24) is 0 Å². The van der Waals surface area contributed by atoms with Gasteiger partial charge in [-0.25, -0.2) is 4.79 Å². The minimum absolute atomic E-state index is 0.385. The molecule has 1 aromatic carbocycles. The van der Waals surface area contributed by atoms with Gasteiger partial charge in [0.05, 0.1) is 12.7 Å². The highest BCUT2D eigenvalue weighted by molar-refractivity contribution is 7.99. The normalized spacial score (nSPS) is 10.2. The smallest absolute Gasteiger partial charge is 0.337 e. The van der Waals surface area contributed by atoms with Gasteiger partial charge in [0.2, 0.25) is 0 Å². The summed E-state index contributed by atoms with van der Waals surface area (Å²) in [6, 6.07) is 7.77. The molecule has 0 aliphatic heterocycles. The van der Waals surface area contributed by atoms with Crippen LogP contribution in [-0.2, 0) is 9.53 Å². The third-order valence-corrected chi connectivity index (χ3v) is 3.02. The Morgan fingerprint density at radius 1 is 1.31 bits per heavy atom. The van der Waals surface area contributed by atoms with E-state index in [9.17, 15) is 4.79 Å². The van der Waals surface area contributed by atoms with Gasteiger partial charge in [-0.15, -0.1) is 11.8 Å². The molecule has 0 spiro atoms.